The van der Waals surface area contributed by atoms with E-state index in [4.69, 9.17) is 14.2 Å². The third-order valence-corrected chi connectivity index (χ3v) is 11.8. The molecule has 0 aromatic heterocycles. The van der Waals surface area contributed by atoms with E-state index >= 15 is 0 Å². The van der Waals surface area contributed by atoms with Crippen LogP contribution < -0.4 is 0 Å². The molecule has 6 nitrogen and oxygen atoms in total. The van der Waals surface area contributed by atoms with Crippen molar-refractivity contribution in [2.45, 2.75) is 245 Å². The van der Waals surface area contributed by atoms with Crippen molar-refractivity contribution in [1.29, 1.82) is 0 Å². The SMILES string of the molecule is CC/C=C\C/C=C\C/C=C\C/C=C\C/C=C\CCCCCCCC(=O)OCC(COC(=O)CCCC/C=C\C/C=C\C/C=C\C/C=C\CC)OC(=O)CCCCCCCC/C=C\C/C=C\C/C=C\CCCCC. The van der Waals surface area contributed by atoms with Crippen LogP contribution in [-0.4, -0.2) is 37.2 Å². The number of hydrogen-bond donors (Lipinski definition) is 0. The van der Waals surface area contributed by atoms with Gasteiger partial charge < -0.3 is 14.2 Å². The minimum atomic E-state index is -0.818. The van der Waals surface area contributed by atoms with Crippen molar-refractivity contribution in [2.24, 2.45) is 0 Å². The summed E-state index contributed by atoms with van der Waals surface area (Å²) >= 11 is 0. The Kier molecular flexibility index (Phi) is 56.0. The molecule has 0 bridgehead atoms. The van der Waals surface area contributed by atoms with Crippen LogP contribution in [0.1, 0.15) is 239 Å². The lowest BCUT2D eigenvalue weighted by molar-refractivity contribution is -0.167. The molecule has 0 spiro atoms. The van der Waals surface area contributed by atoms with Crippen LogP contribution in [0.25, 0.3) is 0 Å². The monoisotopic (exact) mass is 1010 g/mol. The van der Waals surface area contributed by atoms with Crippen molar-refractivity contribution in [3.63, 3.8) is 0 Å². The zero-order valence-electron chi connectivity index (χ0n) is 46.8. The van der Waals surface area contributed by atoms with Crippen LogP contribution >= 0.6 is 0 Å². The van der Waals surface area contributed by atoms with Crippen LogP contribution in [0.5, 0.6) is 0 Å². The highest BCUT2D eigenvalue weighted by Crippen LogP contribution is 2.13. The van der Waals surface area contributed by atoms with Gasteiger partial charge in [-0.15, -0.1) is 0 Å². The number of carbonyl (C=O) groups is 3. The summed E-state index contributed by atoms with van der Waals surface area (Å²) in [5.74, 6) is -0.991. The van der Waals surface area contributed by atoms with Gasteiger partial charge in [0.25, 0.3) is 0 Å². The predicted octanol–water partition coefficient (Wildman–Crippen LogP) is 20.0. The first-order valence-electron chi connectivity index (χ1n) is 29.3. The average Bonchev–Trinajstić information content (AvgIpc) is 3.39. The number of esters is 3. The Balaban J connectivity index is 4.53. The van der Waals surface area contributed by atoms with E-state index in [1.54, 1.807) is 0 Å². The molecule has 0 fully saturated rings. The number of unbranched alkanes of at least 4 members (excludes halogenated alkanes) is 16. The largest absolute Gasteiger partial charge is 0.462 e. The molecule has 0 rings (SSSR count). The van der Waals surface area contributed by atoms with Crippen molar-refractivity contribution in [3.8, 4) is 0 Å². The first kappa shape index (κ1) is 68.3. The van der Waals surface area contributed by atoms with Crippen molar-refractivity contribution in [3.05, 3.63) is 146 Å². The Hall–Kier alpha value is -4.71. The molecule has 1 unspecified atom stereocenters. The highest BCUT2D eigenvalue weighted by atomic mass is 16.6. The fourth-order valence-corrected chi connectivity index (χ4v) is 7.47. The molecule has 0 aliphatic carbocycles. The zero-order valence-corrected chi connectivity index (χ0v) is 46.8. The fraction of sp³-hybridized carbons (Fsp3) is 0.597. The number of rotatable bonds is 51. The zero-order chi connectivity index (χ0) is 52.9. The van der Waals surface area contributed by atoms with Gasteiger partial charge in [-0.1, -0.05) is 224 Å². The van der Waals surface area contributed by atoms with Gasteiger partial charge in [0.05, 0.1) is 0 Å². The first-order valence-corrected chi connectivity index (χ1v) is 29.3. The first-order chi connectivity index (χ1) is 36.0. The molecular weight excluding hydrogens is 901 g/mol. The van der Waals surface area contributed by atoms with E-state index < -0.39 is 6.10 Å². The maximum absolute atomic E-state index is 12.9. The van der Waals surface area contributed by atoms with Gasteiger partial charge in [0.15, 0.2) is 6.10 Å². The number of ether oxygens (including phenoxy) is 3. The van der Waals surface area contributed by atoms with Crippen LogP contribution in [0.3, 0.4) is 0 Å². The normalized spacial score (nSPS) is 13.2. The predicted molar refractivity (Wildman–Crippen MR) is 315 cm³/mol. The smallest absolute Gasteiger partial charge is 0.306 e. The van der Waals surface area contributed by atoms with Crippen LogP contribution in [0.15, 0.2) is 146 Å². The molecular formula is C67H106O6. The van der Waals surface area contributed by atoms with Gasteiger partial charge in [-0.05, 0) is 141 Å². The summed E-state index contributed by atoms with van der Waals surface area (Å²) in [4.78, 5) is 38.2. The molecule has 0 aromatic carbocycles. The third kappa shape index (κ3) is 58.1. The topological polar surface area (TPSA) is 78.9 Å². The van der Waals surface area contributed by atoms with Crippen LogP contribution in [0, 0.1) is 0 Å². The summed E-state index contributed by atoms with van der Waals surface area (Å²) < 4.78 is 16.8. The third-order valence-electron chi connectivity index (χ3n) is 11.8. The molecule has 410 valence electrons. The van der Waals surface area contributed by atoms with Gasteiger partial charge in [-0.25, -0.2) is 0 Å². The van der Waals surface area contributed by atoms with Gasteiger partial charge in [-0.3, -0.25) is 14.4 Å². The Morgan fingerprint density at radius 2 is 0.534 bits per heavy atom. The highest BCUT2D eigenvalue weighted by molar-refractivity contribution is 5.71. The molecule has 73 heavy (non-hydrogen) atoms. The summed E-state index contributed by atoms with van der Waals surface area (Å²) in [6, 6.07) is 0. The van der Waals surface area contributed by atoms with Gasteiger partial charge in [0, 0.05) is 19.3 Å². The van der Waals surface area contributed by atoms with E-state index in [9.17, 15) is 14.4 Å². The van der Waals surface area contributed by atoms with Crippen LogP contribution in [0.4, 0.5) is 0 Å². The van der Waals surface area contributed by atoms with Crippen molar-refractivity contribution in [1.82, 2.24) is 0 Å². The Morgan fingerprint density at radius 1 is 0.288 bits per heavy atom. The minimum absolute atomic E-state index is 0.113. The number of allylic oxidation sites excluding steroid dienone is 24. The Bertz CT molecular complexity index is 1630. The fourth-order valence-electron chi connectivity index (χ4n) is 7.47. The van der Waals surface area contributed by atoms with Crippen LogP contribution in [-0.2, 0) is 28.6 Å². The number of carbonyl (C=O) groups excluding carboxylic acids is 3. The Morgan fingerprint density at radius 3 is 0.863 bits per heavy atom. The van der Waals surface area contributed by atoms with E-state index in [2.05, 4.69) is 167 Å². The molecule has 0 aliphatic rings. The second-order valence-electron chi connectivity index (χ2n) is 18.8. The van der Waals surface area contributed by atoms with Crippen LogP contribution in [0.2, 0.25) is 0 Å². The van der Waals surface area contributed by atoms with Gasteiger partial charge >= 0.3 is 17.9 Å². The quantitative estimate of drug-likeness (QED) is 0.0261. The second kappa shape index (κ2) is 59.8. The molecule has 6 heteroatoms. The van der Waals surface area contributed by atoms with E-state index in [0.29, 0.717) is 25.7 Å². The van der Waals surface area contributed by atoms with Gasteiger partial charge in [0.1, 0.15) is 13.2 Å². The van der Waals surface area contributed by atoms with Crippen molar-refractivity contribution in [2.75, 3.05) is 13.2 Å². The maximum Gasteiger partial charge on any atom is 0.306 e. The summed E-state index contributed by atoms with van der Waals surface area (Å²) in [5.41, 5.74) is 0. The minimum Gasteiger partial charge on any atom is -0.462 e. The lowest BCUT2D eigenvalue weighted by atomic mass is 10.1. The lowest BCUT2D eigenvalue weighted by Crippen LogP contribution is -2.30. The summed E-state index contributed by atoms with van der Waals surface area (Å²) in [5, 5.41) is 0. The van der Waals surface area contributed by atoms with Gasteiger partial charge in [-0.2, -0.15) is 0 Å². The van der Waals surface area contributed by atoms with E-state index in [1.165, 1.54) is 38.5 Å². The van der Waals surface area contributed by atoms with Crippen molar-refractivity contribution < 1.29 is 28.6 Å². The lowest BCUT2D eigenvalue weighted by Gasteiger charge is -2.18. The van der Waals surface area contributed by atoms with E-state index in [1.807, 2.05) is 0 Å². The van der Waals surface area contributed by atoms with E-state index in [-0.39, 0.29) is 31.1 Å². The number of hydrogen-bond acceptors (Lipinski definition) is 6. The molecule has 0 heterocycles. The molecule has 0 radical (unpaired) electrons. The standard InChI is InChI=1S/C67H106O6/c1-4-7-10-13-16-19-22-25-28-30-32-33-35-36-39-42-45-48-51-54-57-60-66(69)72-63-64(62-71-65(68)59-56-53-50-47-44-41-38-27-24-21-18-15-12-9-6-3)73-67(70)61-58-55-52-49-46-43-40-37-34-31-29-26-23-20-17-14-11-8-5-2/h7,9-10,12,16-21,25-29,32-34,36-39,44,47,64H,4-6,8,11,13-15,22-24,30-31,35,40-43,45-46,48-63H2,1-3H3/b10-7-,12-9-,19-16-,20-17-,21-18-,28-25-,29-26-,33-32-,37-34-,38-27-,39-36-,47-44-. The molecule has 0 aromatic rings. The average molecular weight is 1010 g/mol. The Labute approximate surface area is 448 Å². The van der Waals surface area contributed by atoms with E-state index in [0.717, 1.165) is 154 Å². The summed E-state index contributed by atoms with van der Waals surface area (Å²) in [6.45, 7) is 6.31. The highest BCUT2D eigenvalue weighted by Gasteiger charge is 2.19. The molecule has 0 N–H and O–H groups in total. The van der Waals surface area contributed by atoms with Crippen molar-refractivity contribution >= 4 is 17.9 Å². The second-order valence-corrected chi connectivity index (χ2v) is 18.8. The summed E-state index contributed by atoms with van der Waals surface area (Å²) in [6.07, 6.45) is 85.5. The van der Waals surface area contributed by atoms with Gasteiger partial charge in [0.2, 0.25) is 0 Å². The molecule has 0 amide bonds. The molecule has 0 aliphatic heterocycles. The molecule has 0 saturated carbocycles. The molecule has 0 saturated heterocycles. The molecule has 1 atom stereocenters. The maximum atomic E-state index is 12.9. The summed E-state index contributed by atoms with van der Waals surface area (Å²) in [7, 11) is 0.